The molecule has 0 bridgehead atoms. The second kappa shape index (κ2) is 8.03. The standard InChI is InChI=1S/C15H20F3N3.HI/c1-3-19-14(21-13-8-10(13)2)20-9-11-4-6-12(7-5-11)15(16,17)18;/h4-7,10,13H,3,8-9H2,1-2H3,(H2,19,20,21);1H. The topological polar surface area (TPSA) is 36.4 Å². The van der Waals surface area contributed by atoms with E-state index in [0.29, 0.717) is 24.5 Å². The fraction of sp³-hybridized carbons (Fsp3) is 0.533. The molecule has 0 aromatic heterocycles. The van der Waals surface area contributed by atoms with Crippen molar-refractivity contribution in [2.75, 3.05) is 6.54 Å². The van der Waals surface area contributed by atoms with Crippen LogP contribution >= 0.6 is 24.0 Å². The van der Waals surface area contributed by atoms with Crippen molar-refractivity contribution in [1.29, 1.82) is 0 Å². The van der Waals surface area contributed by atoms with Gasteiger partial charge in [-0.2, -0.15) is 13.2 Å². The summed E-state index contributed by atoms with van der Waals surface area (Å²) in [5.74, 6) is 1.37. The van der Waals surface area contributed by atoms with Crippen LogP contribution in [0, 0.1) is 5.92 Å². The molecule has 2 N–H and O–H groups in total. The summed E-state index contributed by atoms with van der Waals surface area (Å²) >= 11 is 0. The Labute approximate surface area is 145 Å². The van der Waals surface area contributed by atoms with Gasteiger partial charge in [-0.15, -0.1) is 24.0 Å². The van der Waals surface area contributed by atoms with Crippen LogP contribution in [0.15, 0.2) is 29.3 Å². The van der Waals surface area contributed by atoms with E-state index in [9.17, 15) is 13.2 Å². The normalized spacial score (nSPS) is 21.0. The molecule has 1 aromatic rings. The smallest absolute Gasteiger partial charge is 0.357 e. The minimum atomic E-state index is -4.29. The molecule has 2 atom stereocenters. The molecule has 2 unspecified atom stereocenters. The van der Waals surface area contributed by atoms with Crippen LogP contribution in [0.1, 0.15) is 31.4 Å². The lowest BCUT2D eigenvalue weighted by Gasteiger charge is -2.11. The number of hydrogen-bond donors (Lipinski definition) is 2. The second-order valence-electron chi connectivity index (χ2n) is 5.35. The minimum Gasteiger partial charge on any atom is -0.357 e. The van der Waals surface area contributed by atoms with Gasteiger partial charge < -0.3 is 10.6 Å². The minimum absolute atomic E-state index is 0. The van der Waals surface area contributed by atoms with E-state index in [2.05, 4.69) is 22.5 Å². The Balaban J connectivity index is 0.00000242. The van der Waals surface area contributed by atoms with Gasteiger partial charge in [0, 0.05) is 12.6 Å². The number of guanidine groups is 1. The zero-order chi connectivity index (χ0) is 15.5. The number of rotatable bonds is 4. The van der Waals surface area contributed by atoms with Crippen LogP contribution in [0.2, 0.25) is 0 Å². The first-order valence-electron chi connectivity index (χ1n) is 7.11. The van der Waals surface area contributed by atoms with Crippen molar-refractivity contribution in [3.8, 4) is 0 Å². The first-order chi connectivity index (χ1) is 9.90. The van der Waals surface area contributed by atoms with E-state index in [1.54, 1.807) is 0 Å². The number of nitrogens with one attached hydrogen (secondary N) is 2. The van der Waals surface area contributed by atoms with Crippen molar-refractivity contribution in [2.45, 2.75) is 39.0 Å². The van der Waals surface area contributed by atoms with E-state index in [1.807, 2.05) is 6.92 Å². The zero-order valence-electron chi connectivity index (χ0n) is 12.6. The van der Waals surface area contributed by atoms with Crippen LogP contribution in [0.4, 0.5) is 13.2 Å². The third-order valence-corrected chi connectivity index (χ3v) is 3.48. The fourth-order valence-electron chi connectivity index (χ4n) is 1.99. The highest BCUT2D eigenvalue weighted by molar-refractivity contribution is 14.0. The van der Waals surface area contributed by atoms with Gasteiger partial charge in [-0.25, -0.2) is 4.99 Å². The van der Waals surface area contributed by atoms with E-state index in [0.717, 1.165) is 30.7 Å². The highest BCUT2D eigenvalue weighted by atomic mass is 127. The van der Waals surface area contributed by atoms with Gasteiger partial charge >= 0.3 is 6.18 Å². The van der Waals surface area contributed by atoms with Crippen LogP contribution in [-0.2, 0) is 12.7 Å². The molecule has 1 aromatic carbocycles. The van der Waals surface area contributed by atoms with Crippen LogP contribution in [0.25, 0.3) is 0 Å². The first kappa shape index (κ1) is 19.1. The molecule has 2 rings (SSSR count). The molecule has 0 spiro atoms. The average Bonchev–Trinajstić information content (AvgIpc) is 3.11. The molecule has 0 heterocycles. The van der Waals surface area contributed by atoms with Gasteiger partial charge in [0.15, 0.2) is 5.96 Å². The van der Waals surface area contributed by atoms with Gasteiger partial charge in [-0.05, 0) is 37.0 Å². The van der Waals surface area contributed by atoms with Crippen LogP contribution in [-0.4, -0.2) is 18.5 Å². The van der Waals surface area contributed by atoms with Gasteiger partial charge in [-0.1, -0.05) is 19.1 Å². The van der Waals surface area contributed by atoms with Gasteiger partial charge in [0.25, 0.3) is 0 Å². The quantitative estimate of drug-likeness (QED) is 0.436. The van der Waals surface area contributed by atoms with Crippen molar-refractivity contribution in [3.05, 3.63) is 35.4 Å². The molecule has 1 aliphatic carbocycles. The molecule has 7 heteroatoms. The lowest BCUT2D eigenvalue weighted by atomic mass is 10.1. The number of nitrogens with zero attached hydrogens (tertiary/aromatic N) is 1. The van der Waals surface area contributed by atoms with Gasteiger partial charge in [0.1, 0.15) is 0 Å². The summed E-state index contributed by atoms with van der Waals surface area (Å²) in [7, 11) is 0. The van der Waals surface area contributed by atoms with Gasteiger partial charge in [-0.3, -0.25) is 0 Å². The summed E-state index contributed by atoms with van der Waals surface area (Å²) in [6.45, 7) is 5.25. The Morgan fingerprint density at radius 1 is 1.27 bits per heavy atom. The number of alkyl halides is 3. The maximum Gasteiger partial charge on any atom is 0.416 e. The molecule has 3 nitrogen and oxygen atoms in total. The van der Waals surface area contributed by atoms with Crippen molar-refractivity contribution >= 4 is 29.9 Å². The van der Waals surface area contributed by atoms with E-state index in [1.165, 1.54) is 12.1 Å². The van der Waals surface area contributed by atoms with E-state index < -0.39 is 11.7 Å². The van der Waals surface area contributed by atoms with Gasteiger partial charge in [0.2, 0.25) is 0 Å². The molecule has 1 saturated carbocycles. The van der Waals surface area contributed by atoms with Crippen LogP contribution < -0.4 is 10.6 Å². The maximum atomic E-state index is 12.5. The predicted octanol–water partition coefficient (Wildman–Crippen LogP) is 3.79. The summed E-state index contributed by atoms with van der Waals surface area (Å²) < 4.78 is 37.4. The number of aliphatic imine (C=N–C) groups is 1. The molecule has 0 aliphatic heterocycles. The van der Waals surface area contributed by atoms with E-state index >= 15 is 0 Å². The molecule has 22 heavy (non-hydrogen) atoms. The Bertz CT molecular complexity index is 500. The SMILES string of the molecule is CCNC(=NCc1ccc(C(F)(F)F)cc1)NC1CC1C.I. The van der Waals surface area contributed by atoms with Crippen molar-refractivity contribution in [3.63, 3.8) is 0 Å². The van der Waals surface area contributed by atoms with Crippen LogP contribution in [0.3, 0.4) is 0 Å². The molecular weight excluding hydrogens is 406 g/mol. The highest BCUT2D eigenvalue weighted by Crippen LogP contribution is 2.29. The Morgan fingerprint density at radius 3 is 2.32 bits per heavy atom. The van der Waals surface area contributed by atoms with E-state index in [-0.39, 0.29) is 24.0 Å². The summed E-state index contributed by atoms with van der Waals surface area (Å²) in [5, 5.41) is 6.45. The summed E-state index contributed by atoms with van der Waals surface area (Å²) in [6, 6.07) is 5.57. The fourth-order valence-corrected chi connectivity index (χ4v) is 1.99. The molecule has 0 amide bonds. The molecule has 0 saturated heterocycles. The largest absolute Gasteiger partial charge is 0.416 e. The Morgan fingerprint density at radius 2 is 1.86 bits per heavy atom. The summed E-state index contributed by atoms with van der Waals surface area (Å²) in [5.41, 5.74) is 0.121. The predicted molar refractivity (Wildman–Crippen MR) is 92.4 cm³/mol. The third kappa shape index (κ3) is 5.66. The van der Waals surface area contributed by atoms with Crippen molar-refractivity contribution < 1.29 is 13.2 Å². The monoisotopic (exact) mass is 427 g/mol. The third-order valence-electron chi connectivity index (χ3n) is 3.48. The molecule has 1 fully saturated rings. The zero-order valence-corrected chi connectivity index (χ0v) is 14.9. The lowest BCUT2D eigenvalue weighted by molar-refractivity contribution is -0.137. The Kier molecular flexibility index (Phi) is 6.96. The van der Waals surface area contributed by atoms with Crippen molar-refractivity contribution in [2.24, 2.45) is 10.9 Å². The van der Waals surface area contributed by atoms with Gasteiger partial charge in [0.05, 0.1) is 12.1 Å². The molecular formula is C15H21F3IN3. The molecule has 0 radical (unpaired) electrons. The van der Waals surface area contributed by atoms with Crippen LogP contribution in [0.5, 0.6) is 0 Å². The highest BCUT2D eigenvalue weighted by Gasteiger charge is 2.33. The van der Waals surface area contributed by atoms with Crippen molar-refractivity contribution in [1.82, 2.24) is 10.6 Å². The number of hydrogen-bond acceptors (Lipinski definition) is 1. The summed E-state index contributed by atoms with van der Waals surface area (Å²) in [4.78, 5) is 4.40. The number of halogens is 4. The molecule has 124 valence electrons. The second-order valence-corrected chi connectivity index (χ2v) is 5.35. The number of benzene rings is 1. The van der Waals surface area contributed by atoms with E-state index in [4.69, 9.17) is 0 Å². The first-order valence-corrected chi connectivity index (χ1v) is 7.11. The Hall–Kier alpha value is -0.990. The maximum absolute atomic E-state index is 12.5. The molecule has 1 aliphatic rings. The average molecular weight is 427 g/mol. The lowest BCUT2D eigenvalue weighted by Crippen LogP contribution is -2.39. The summed E-state index contributed by atoms with van der Waals surface area (Å²) in [6.07, 6.45) is -3.16.